The van der Waals surface area contributed by atoms with E-state index in [0.717, 1.165) is 19.5 Å². The van der Waals surface area contributed by atoms with Crippen molar-refractivity contribution < 1.29 is 0 Å². The van der Waals surface area contributed by atoms with Gasteiger partial charge in [-0.1, -0.05) is 6.42 Å². The molecule has 2 heteroatoms. The van der Waals surface area contributed by atoms with E-state index in [1.54, 1.807) is 0 Å². The average molecular weight is 126 g/mol. The van der Waals surface area contributed by atoms with E-state index < -0.39 is 0 Å². The summed E-state index contributed by atoms with van der Waals surface area (Å²) >= 11 is 0. The minimum atomic E-state index is 0.970. The molecule has 0 radical (unpaired) electrons. The number of hydrogen-bond donors (Lipinski definition) is 1. The number of rotatable bonds is 4. The van der Waals surface area contributed by atoms with Gasteiger partial charge in [0.1, 0.15) is 0 Å². The first kappa shape index (κ1) is 8.32. The second-order valence-corrected chi connectivity index (χ2v) is 2.01. The van der Waals surface area contributed by atoms with Crippen LogP contribution >= 0.6 is 0 Å². The summed E-state index contributed by atoms with van der Waals surface area (Å²) in [6.07, 6.45) is 6.22. The van der Waals surface area contributed by atoms with Crippen LogP contribution in [0.1, 0.15) is 6.42 Å². The molecule has 0 aromatic heterocycles. The van der Waals surface area contributed by atoms with Gasteiger partial charge < -0.3 is 10.2 Å². The monoisotopic (exact) mass is 126 g/mol. The normalized spacial score (nSPS) is 8.56. The number of nitrogens with one attached hydrogen (secondary N) is 1. The second-order valence-electron chi connectivity index (χ2n) is 2.01. The quantitative estimate of drug-likeness (QED) is 0.327. The molecule has 1 N–H and O–H groups in total. The molecule has 0 aromatic rings. The van der Waals surface area contributed by atoms with Crippen LogP contribution in [-0.4, -0.2) is 32.1 Å². The van der Waals surface area contributed by atoms with Gasteiger partial charge in [-0.05, 0) is 20.0 Å². The Balaban J connectivity index is 2.99. The van der Waals surface area contributed by atoms with Crippen molar-refractivity contribution in [1.82, 2.24) is 10.2 Å². The Morgan fingerprint density at radius 1 is 1.67 bits per heavy atom. The summed E-state index contributed by atoms with van der Waals surface area (Å²) in [4.78, 5) is 1.84. The van der Waals surface area contributed by atoms with E-state index in [4.69, 9.17) is 6.42 Å². The summed E-state index contributed by atoms with van der Waals surface area (Å²) in [7, 11) is 3.85. The Labute approximate surface area is 57.2 Å². The Kier molecular flexibility index (Phi) is 5.04. The van der Waals surface area contributed by atoms with E-state index in [2.05, 4.69) is 11.4 Å². The van der Waals surface area contributed by atoms with E-state index in [9.17, 15) is 0 Å². The summed E-state index contributed by atoms with van der Waals surface area (Å²) < 4.78 is 0. The summed E-state index contributed by atoms with van der Waals surface area (Å²) in [6, 6.07) is 2.53. The van der Waals surface area contributed by atoms with Gasteiger partial charge in [-0.15, -0.1) is 0 Å². The highest BCUT2D eigenvalue weighted by atomic mass is 15.1. The van der Waals surface area contributed by atoms with Crippen LogP contribution in [0.25, 0.3) is 0 Å². The molecule has 0 aliphatic carbocycles. The Bertz CT molecular complexity index is 93.6. The molecule has 0 aromatic carbocycles. The summed E-state index contributed by atoms with van der Waals surface area (Å²) in [5.41, 5.74) is 0. The highest BCUT2D eigenvalue weighted by Crippen LogP contribution is 1.81. The lowest BCUT2D eigenvalue weighted by atomic mass is 10.4. The third kappa shape index (κ3) is 5.19. The van der Waals surface area contributed by atoms with E-state index in [1.807, 2.05) is 19.0 Å². The predicted molar refractivity (Wildman–Crippen MR) is 40.0 cm³/mol. The number of nitrogens with zero attached hydrogens (tertiary/aromatic N) is 1. The highest BCUT2D eigenvalue weighted by molar-refractivity contribution is 4.81. The first-order valence-electron chi connectivity index (χ1n) is 3.13. The second kappa shape index (κ2) is 5.46. The molecule has 0 aliphatic heterocycles. The minimum absolute atomic E-state index is 0.970. The lowest BCUT2D eigenvalue weighted by molar-refractivity contribution is 0.463. The Morgan fingerprint density at radius 3 is 2.78 bits per heavy atom. The van der Waals surface area contributed by atoms with Crippen molar-refractivity contribution in [2.24, 2.45) is 0 Å². The van der Waals surface area contributed by atoms with E-state index in [-0.39, 0.29) is 0 Å². The maximum atomic E-state index is 5.11. The molecule has 0 rings (SSSR count). The van der Waals surface area contributed by atoms with Gasteiger partial charge >= 0.3 is 0 Å². The fourth-order valence-electron chi connectivity index (χ4n) is 0.558. The third-order valence-electron chi connectivity index (χ3n) is 1.14. The van der Waals surface area contributed by atoms with Crippen LogP contribution in [0.3, 0.4) is 0 Å². The van der Waals surface area contributed by atoms with Gasteiger partial charge in [-0.2, -0.15) is 0 Å². The summed E-state index contributed by atoms with van der Waals surface area (Å²) in [6.45, 7) is 2.00. The molecule has 0 saturated carbocycles. The largest absolute Gasteiger partial charge is 0.336 e. The fraction of sp³-hybridized carbons (Fsp3) is 0.714. The van der Waals surface area contributed by atoms with Crippen LogP contribution in [0.4, 0.5) is 0 Å². The van der Waals surface area contributed by atoms with Crippen LogP contribution in [-0.2, 0) is 0 Å². The first-order chi connectivity index (χ1) is 4.31. The summed E-state index contributed by atoms with van der Waals surface area (Å²) in [5, 5.41) is 3.05. The van der Waals surface area contributed by atoms with Crippen molar-refractivity contribution in [3.63, 3.8) is 0 Å². The molecule has 0 unspecified atom stereocenters. The SMILES string of the molecule is C#CN(C)CCCNC. The lowest BCUT2D eigenvalue weighted by Crippen LogP contribution is -2.17. The van der Waals surface area contributed by atoms with Gasteiger partial charge in [-0.25, -0.2) is 0 Å². The van der Waals surface area contributed by atoms with Crippen molar-refractivity contribution >= 4 is 0 Å². The maximum Gasteiger partial charge on any atom is 0.0269 e. The Hall–Kier alpha value is -0.680. The van der Waals surface area contributed by atoms with Crippen molar-refractivity contribution in [2.45, 2.75) is 6.42 Å². The van der Waals surface area contributed by atoms with Crippen LogP contribution in [0.5, 0.6) is 0 Å². The summed E-state index contributed by atoms with van der Waals surface area (Å²) in [5.74, 6) is 0. The molecular weight excluding hydrogens is 112 g/mol. The minimum Gasteiger partial charge on any atom is -0.336 e. The lowest BCUT2D eigenvalue weighted by Gasteiger charge is -2.08. The molecule has 0 atom stereocenters. The molecule has 0 saturated heterocycles. The van der Waals surface area contributed by atoms with Crippen LogP contribution in [0.15, 0.2) is 0 Å². The van der Waals surface area contributed by atoms with Crippen molar-refractivity contribution in [2.75, 3.05) is 27.2 Å². The van der Waals surface area contributed by atoms with E-state index in [0.29, 0.717) is 0 Å². The van der Waals surface area contributed by atoms with Gasteiger partial charge in [0, 0.05) is 19.6 Å². The topological polar surface area (TPSA) is 15.3 Å². The molecule has 0 aliphatic rings. The van der Waals surface area contributed by atoms with Crippen molar-refractivity contribution in [3.8, 4) is 12.5 Å². The van der Waals surface area contributed by atoms with Gasteiger partial charge in [0.15, 0.2) is 0 Å². The average Bonchev–Trinajstić information content (AvgIpc) is 1.89. The van der Waals surface area contributed by atoms with E-state index >= 15 is 0 Å². The molecule has 0 fully saturated rings. The van der Waals surface area contributed by atoms with Gasteiger partial charge in [0.25, 0.3) is 0 Å². The standard InChI is InChI=1S/C7H14N2/c1-4-9(3)7-5-6-8-2/h1,8H,5-7H2,2-3H3. The fourth-order valence-corrected chi connectivity index (χ4v) is 0.558. The van der Waals surface area contributed by atoms with E-state index in [1.165, 1.54) is 0 Å². The molecule has 52 valence electrons. The van der Waals surface area contributed by atoms with Crippen molar-refractivity contribution in [1.29, 1.82) is 0 Å². The van der Waals surface area contributed by atoms with Gasteiger partial charge in [0.2, 0.25) is 0 Å². The first-order valence-corrected chi connectivity index (χ1v) is 3.13. The molecule has 0 bridgehead atoms. The molecule has 0 amide bonds. The predicted octanol–water partition coefficient (Wildman–Crippen LogP) is 0.118. The zero-order chi connectivity index (χ0) is 7.11. The number of hydrogen-bond acceptors (Lipinski definition) is 2. The molecule has 2 nitrogen and oxygen atoms in total. The highest BCUT2D eigenvalue weighted by Gasteiger charge is 1.87. The third-order valence-corrected chi connectivity index (χ3v) is 1.14. The van der Waals surface area contributed by atoms with Gasteiger partial charge in [-0.3, -0.25) is 0 Å². The molecule has 0 heterocycles. The van der Waals surface area contributed by atoms with Crippen LogP contribution in [0.2, 0.25) is 0 Å². The smallest absolute Gasteiger partial charge is 0.0269 e. The molecule has 9 heavy (non-hydrogen) atoms. The zero-order valence-electron chi connectivity index (χ0n) is 6.15. The van der Waals surface area contributed by atoms with Crippen LogP contribution in [0, 0.1) is 12.5 Å². The molecular formula is C7H14N2. The van der Waals surface area contributed by atoms with Crippen LogP contribution < -0.4 is 5.32 Å². The van der Waals surface area contributed by atoms with Crippen molar-refractivity contribution in [3.05, 3.63) is 0 Å². The number of terminal acetylenes is 1. The van der Waals surface area contributed by atoms with Gasteiger partial charge in [0.05, 0.1) is 0 Å². The maximum absolute atomic E-state index is 5.11. The molecule has 0 spiro atoms. The zero-order valence-corrected chi connectivity index (χ0v) is 6.15. The Morgan fingerprint density at radius 2 is 2.33 bits per heavy atom.